The molecule has 0 saturated carbocycles. The summed E-state index contributed by atoms with van der Waals surface area (Å²) in [7, 11) is 0. The number of carbonyl (C=O) groups excluding carboxylic acids is 1. The van der Waals surface area contributed by atoms with Crippen molar-refractivity contribution in [1.82, 2.24) is 4.90 Å². The fraction of sp³-hybridized carbons (Fsp3) is 0.350. The monoisotopic (exact) mass is 308 g/mol. The van der Waals surface area contributed by atoms with E-state index in [2.05, 4.69) is 42.5 Å². The number of amides is 1. The summed E-state index contributed by atoms with van der Waals surface area (Å²) in [6.45, 7) is 3.17. The van der Waals surface area contributed by atoms with Gasteiger partial charge in [0.1, 0.15) is 0 Å². The average molecular weight is 308 g/mol. The first-order valence-corrected chi connectivity index (χ1v) is 8.30. The molecule has 1 amide bonds. The van der Waals surface area contributed by atoms with Crippen molar-refractivity contribution >= 4 is 5.91 Å². The third-order valence-electron chi connectivity index (χ3n) is 4.70. The number of hydrogen-bond acceptors (Lipinski definition) is 2. The predicted molar refractivity (Wildman–Crippen MR) is 92.9 cm³/mol. The van der Waals surface area contributed by atoms with E-state index in [0.29, 0.717) is 6.54 Å². The van der Waals surface area contributed by atoms with Crippen molar-refractivity contribution in [2.45, 2.75) is 38.8 Å². The molecule has 0 fully saturated rings. The van der Waals surface area contributed by atoms with E-state index in [-0.39, 0.29) is 11.9 Å². The highest BCUT2D eigenvalue weighted by Gasteiger charge is 2.19. The highest BCUT2D eigenvalue weighted by molar-refractivity contribution is 5.73. The van der Waals surface area contributed by atoms with Crippen LogP contribution < -0.4 is 5.73 Å². The molecule has 0 aromatic heterocycles. The SMILES string of the molecule is CC(=O)N1CCc2ccc(C(N)CCc3ccccc3)cc2C1. The quantitative estimate of drug-likeness (QED) is 0.942. The largest absolute Gasteiger partial charge is 0.338 e. The van der Waals surface area contributed by atoms with Crippen molar-refractivity contribution in [3.05, 3.63) is 70.8 Å². The summed E-state index contributed by atoms with van der Waals surface area (Å²) in [5.74, 6) is 0.148. The molecular weight excluding hydrogens is 284 g/mol. The van der Waals surface area contributed by atoms with Crippen molar-refractivity contribution in [2.24, 2.45) is 5.73 Å². The van der Waals surface area contributed by atoms with Gasteiger partial charge in [0, 0.05) is 26.1 Å². The van der Waals surface area contributed by atoms with Gasteiger partial charge in [-0.25, -0.2) is 0 Å². The van der Waals surface area contributed by atoms with Gasteiger partial charge in [0.2, 0.25) is 5.91 Å². The maximum Gasteiger partial charge on any atom is 0.219 e. The smallest absolute Gasteiger partial charge is 0.219 e. The Kier molecular flexibility index (Phi) is 4.77. The van der Waals surface area contributed by atoms with Gasteiger partial charge in [0.25, 0.3) is 0 Å². The molecule has 1 aliphatic heterocycles. The highest BCUT2D eigenvalue weighted by Crippen LogP contribution is 2.24. The van der Waals surface area contributed by atoms with Gasteiger partial charge in [-0.15, -0.1) is 0 Å². The van der Waals surface area contributed by atoms with Gasteiger partial charge in [-0.2, -0.15) is 0 Å². The maximum atomic E-state index is 11.6. The number of benzene rings is 2. The zero-order valence-electron chi connectivity index (χ0n) is 13.7. The summed E-state index contributed by atoms with van der Waals surface area (Å²) in [5.41, 5.74) is 11.5. The first-order chi connectivity index (χ1) is 11.1. The van der Waals surface area contributed by atoms with E-state index in [9.17, 15) is 4.79 Å². The van der Waals surface area contributed by atoms with E-state index in [0.717, 1.165) is 25.8 Å². The van der Waals surface area contributed by atoms with E-state index >= 15 is 0 Å². The van der Waals surface area contributed by atoms with Gasteiger partial charge in [-0.05, 0) is 41.5 Å². The third kappa shape index (κ3) is 3.80. The van der Waals surface area contributed by atoms with Crippen molar-refractivity contribution < 1.29 is 4.79 Å². The molecule has 0 spiro atoms. The minimum atomic E-state index is 0.0354. The Bertz CT molecular complexity index is 681. The number of aryl methyl sites for hydroxylation is 1. The number of hydrogen-bond donors (Lipinski definition) is 1. The molecule has 1 unspecified atom stereocenters. The summed E-state index contributed by atoms with van der Waals surface area (Å²) in [5, 5.41) is 0. The number of carbonyl (C=O) groups is 1. The summed E-state index contributed by atoms with van der Waals surface area (Å²) in [4.78, 5) is 13.5. The van der Waals surface area contributed by atoms with Crippen LogP contribution in [0.15, 0.2) is 48.5 Å². The van der Waals surface area contributed by atoms with E-state index < -0.39 is 0 Å². The maximum absolute atomic E-state index is 11.6. The molecule has 3 nitrogen and oxygen atoms in total. The molecule has 1 aliphatic rings. The molecule has 1 atom stereocenters. The third-order valence-corrected chi connectivity index (χ3v) is 4.70. The molecule has 120 valence electrons. The van der Waals surface area contributed by atoms with Crippen molar-refractivity contribution in [2.75, 3.05) is 6.54 Å². The summed E-state index contributed by atoms with van der Waals surface area (Å²) in [6, 6.07) is 17.0. The van der Waals surface area contributed by atoms with Gasteiger partial charge in [-0.1, -0.05) is 48.5 Å². The Hall–Kier alpha value is -2.13. The van der Waals surface area contributed by atoms with Gasteiger partial charge in [0.05, 0.1) is 0 Å². The number of nitrogens with zero attached hydrogens (tertiary/aromatic N) is 1. The number of nitrogens with two attached hydrogens (primary N) is 1. The second-order valence-electron chi connectivity index (χ2n) is 6.35. The number of fused-ring (bicyclic) bond motifs is 1. The first kappa shape index (κ1) is 15.8. The van der Waals surface area contributed by atoms with Crippen LogP contribution in [0.5, 0.6) is 0 Å². The molecule has 0 radical (unpaired) electrons. The zero-order chi connectivity index (χ0) is 16.2. The van der Waals surface area contributed by atoms with Crippen molar-refractivity contribution in [3.63, 3.8) is 0 Å². The molecule has 0 saturated heterocycles. The fourth-order valence-corrected chi connectivity index (χ4v) is 3.21. The van der Waals surface area contributed by atoms with Crippen LogP contribution in [-0.4, -0.2) is 17.4 Å². The molecule has 23 heavy (non-hydrogen) atoms. The molecule has 2 N–H and O–H groups in total. The summed E-state index contributed by atoms with van der Waals surface area (Å²) in [6.07, 6.45) is 2.85. The Balaban J connectivity index is 1.68. The highest BCUT2D eigenvalue weighted by atomic mass is 16.2. The van der Waals surface area contributed by atoms with Gasteiger partial charge < -0.3 is 10.6 Å². The summed E-state index contributed by atoms with van der Waals surface area (Å²) < 4.78 is 0. The lowest BCUT2D eigenvalue weighted by atomic mass is 9.93. The Morgan fingerprint density at radius 1 is 1.17 bits per heavy atom. The molecular formula is C20H24N2O. The lowest BCUT2D eigenvalue weighted by Gasteiger charge is -2.28. The van der Waals surface area contributed by atoms with Crippen LogP contribution in [0.1, 0.15) is 41.6 Å². The van der Waals surface area contributed by atoms with Crippen molar-refractivity contribution in [3.8, 4) is 0 Å². The zero-order valence-corrected chi connectivity index (χ0v) is 13.7. The first-order valence-electron chi connectivity index (χ1n) is 8.30. The van der Waals surface area contributed by atoms with Gasteiger partial charge in [0.15, 0.2) is 0 Å². The molecule has 3 heteroatoms. The Morgan fingerprint density at radius 3 is 2.70 bits per heavy atom. The lowest BCUT2D eigenvalue weighted by Crippen LogP contribution is -2.34. The molecule has 0 bridgehead atoms. The molecule has 2 aromatic carbocycles. The van der Waals surface area contributed by atoms with Crippen molar-refractivity contribution in [1.29, 1.82) is 0 Å². The van der Waals surface area contributed by atoms with Crippen LogP contribution in [-0.2, 0) is 24.2 Å². The van der Waals surface area contributed by atoms with Crippen LogP contribution in [0.25, 0.3) is 0 Å². The van der Waals surface area contributed by atoms with Crippen LogP contribution in [0.3, 0.4) is 0 Å². The van der Waals surface area contributed by atoms with Crippen LogP contribution in [0, 0.1) is 0 Å². The molecule has 2 aromatic rings. The molecule has 0 aliphatic carbocycles. The second kappa shape index (κ2) is 6.97. The molecule has 1 heterocycles. The summed E-state index contributed by atoms with van der Waals surface area (Å²) >= 11 is 0. The van der Waals surface area contributed by atoms with E-state index in [4.69, 9.17) is 5.73 Å². The minimum absolute atomic E-state index is 0.0354. The normalized spacial score (nSPS) is 15.1. The lowest BCUT2D eigenvalue weighted by molar-refractivity contribution is -0.129. The number of rotatable bonds is 4. The van der Waals surface area contributed by atoms with E-state index in [1.165, 1.54) is 22.3 Å². The minimum Gasteiger partial charge on any atom is -0.338 e. The van der Waals surface area contributed by atoms with Crippen LogP contribution in [0.2, 0.25) is 0 Å². The predicted octanol–water partition coefficient (Wildman–Crippen LogP) is 3.22. The molecule has 3 rings (SSSR count). The fourth-order valence-electron chi connectivity index (χ4n) is 3.21. The van der Waals surface area contributed by atoms with Gasteiger partial charge in [-0.3, -0.25) is 4.79 Å². The average Bonchev–Trinajstić information content (AvgIpc) is 2.59. The standard InChI is InChI=1S/C20H24N2O/c1-15(23)22-12-11-17-8-9-18(13-19(17)14-22)20(21)10-7-16-5-3-2-4-6-16/h2-6,8-9,13,20H,7,10-12,14,21H2,1H3. The van der Waals surface area contributed by atoms with Gasteiger partial charge >= 0.3 is 0 Å². The topological polar surface area (TPSA) is 46.3 Å². The van der Waals surface area contributed by atoms with E-state index in [1.807, 2.05) is 11.0 Å². The van der Waals surface area contributed by atoms with Crippen LogP contribution in [0.4, 0.5) is 0 Å². The Labute approximate surface area is 138 Å². The van der Waals surface area contributed by atoms with Crippen LogP contribution >= 0.6 is 0 Å². The Morgan fingerprint density at radius 2 is 1.96 bits per heavy atom. The van der Waals surface area contributed by atoms with E-state index in [1.54, 1.807) is 6.92 Å². The second-order valence-corrected chi connectivity index (χ2v) is 6.35.